The van der Waals surface area contributed by atoms with Crippen molar-refractivity contribution < 1.29 is 4.79 Å². The van der Waals surface area contributed by atoms with Gasteiger partial charge in [-0.1, -0.05) is 78.0 Å². The number of nitrogens with one attached hydrogen (secondary N) is 1. The molecule has 1 amide bonds. The highest BCUT2D eigenvalue weighted by atomic mass is 35.5. The molecule has 1 heterocycles. The highest BCUT2D eigenvalue weighted by Crippen LogP contribution is 2.25. The highest BCUT2D eigenvalue weighted by Gasteiger charge is 2.13. The van der Waals surface area contributed by atoms with Crippen molar-refractivity contribution in [1.29, 1.82) is 0 Å². The van der Waals surface area contributed by atoms with Crippen molar-refractivity contribution in [3.8, 4) is 0 Å². The second-order valence-corrected chi connectivity index (χ2v) is 9.53. The number of aryl methyl sites for hydroxylation is 1. The molecule has 7 heteroatoms. The van der Waals surface area contributed by atoms with Crippen LogP contribution in [0.5, 0.6) is 0 Å². The SMILES string of the molecule is C=CCN(CC=C)c1cc(Cl)nc(SCc2cccc(C(=O)NC(C)CCc3ccccc3)c2)n1. The summed E-state index contributed by atoms with van der Waals surface area (Å²) in [4.78, 5) is 23.8. The molecule has 3 rings (SSSR count). The molecule has 3 aromatic rings. The first-order valence-corrected chi connectivity index (χ1v) is 12.9. The summed E-state index contributed by atoms with van der Waals surface area (Å²) in [5.41, 5.74) is 2.93. The fourth-order valence-corrected chi connectivity index (χ4v) is 4.57. The Bertz CT molecular complexity index is 1130. The monoisotopic (exact) mass is 506 g/mol. The zero-order valence-electron chi connectivity index (χ0n) is 20.0. The third kappa shape index (κ3) is 8.57. The van der Waals surface area contributed by atoms with Crippen molar-refractivity contribution in [1.82, 2.24) is 15.3 Å². The van der Waals surface area contributed by atoms with E-state index in [9.17, 15) is 4.79 Å². The number of hydrogen-bond donors (Lipinski definition) is 1. The van der Waals surface area contributed by atoms with Gasteiger partial charge in [-0.2, -0.15) is 0 Å². The van der Waals surface area contributed by atoms with Gasteiger partial charge in [0.25, 0.3) is 5.91 Å². The van der Waals surface area contributed by atoms with Crippen molar-refractivity contribution in [2.45, 2.75) is 36.7 Å². The van der Waals surface area contributed by atoms with Gasteiger partial charge in [0.2, 0.25) is 0 Å². The lowest BCUT2D eigenvalue weighted by atomic mass is 10.1. The maximum atomic E-state index is 12.8. The summed E-state index contributed by atoms with van der Waals surface area (Å²) in [5, 5.41) is 4.07. The van der Waals surface area contributed by atoms with E-state index in [4.69, 9.17) is 11.6 Å². The lowest BCUT2D eigenvalue weighted by Crippen LogP contribution is -2.32. The molecule has 1 aromatic heterocycles. The first-order chi connectivity index (χ1) is 17.0. The number of carbonyl (C=O) groups excluding carboxylic acids is 1. The summed E-state index contributed by atoms with van der Waals surface area (Å²) in [7, 11) is 0. The van der Waals surface area contributed by atoms with Crippen LogP contribution in [-0.4, -0.2) is 35.0 Å². The molecular weight excluding hydrogens is 476 g/mol. The Kier molecular flexibility index (Phi) is 10.4. The number of carbonyl (C=O) groups is 1. The molecule has 1 unspecified atom stereocenters. The van der Waals surface area contributed by atoms with Crippen molar-refractivity contribution in [3.05, 3.63) is 108 Å². The van der Waals surface area contributed by atoms with E-state index in [1.807, 2.05) is 66.4 Å². The molecule has 5 nitrogen and oxygen atoms in total. The second-order valence-electron chi connectivity index (χ2n) is 8.20. The predicted molar refractivity (Wildman–Crippen MR) is 147 cm³/mol. The molecule has 0 saturated heterocycles. The molecule has 0 spiro atoms. The lowest BCUT2D eigenvalue weighted by molar-refractivity contribution is 0.0938. The minimum Gasteiger partial charge on any atom is -0.350 e. The molecule has 1 N–H and O–H groups in total. The number of thioether (sulfide) groups is 1. The Labute approximate surface area is 217 Å². The molecule has 35 heavy (non-hydrogen) atoms. The first-order valence-electron chi connectivity index (χ1n) is 11.6. The van der Waals surface area contributed by atoms with E-state index < -0.39 is 0 Å². The van der Waals surface area contributed by atoms with Gasteiger partial charge in [0.15, 0.2) is 5.16 Å². The van der Waals surface area contributed by atoms with Crippen LogP contribution in [-0.2, 0) is 12.2 Å². The molecule has 0 aliphatic heterocycles. The summed E-state index contributed by atoms with van der Waals surface area (Å²) < 4.78 is 0. The van der Waals surface area contributed by atoms with Crippen LogP contribution in [0.1, 0.15) is 34.8 Å². The molecular formula is C28H31ClN4OS. The summed E-state index contributed by atoms with van der Waals surface area (Å²) in [6.07, 6.45) is 5.43. The topological polar surface area (TPSA) is 58.1 Å². The van der Waals surface area contributed by atoms with E-state index in [1.54, 1.807) is 6.07 Å². The largest absolute Gasteiger partial charge is 0.350 e. The quantitative estimate of drug-likeness (QED) is 0.127. The van der Waals surface area contributed by atoms with Gasteiger partial charge in [-0.3, -0.25) is 4.79 Å². The van der Waals surface area contributed by atoms with Gasteiger partial charge in [0.05, 0.1) is 0 Å². The predicted octanol–water partition coefficient (Wildman–Crippen LogP) is 6.35. The number of hydrogen-bond acceptors (Lipinski definition) is 5. The molecule has 2 aromatic carbocycles. The fraction of sp³-hybridized carbons (Fsp3) is 0.250. The van der Waals surface area contributed by atoms with Crippen molar-refractivity contribution >= 4 is 35.1 Å². The zero-order valence-corrected chi connectivity index (χ0v) is 21.6. The van der Waals surface area contributed by atoms with E-state index in [-0.39, 0.29) is 11.9 Å². The Morgan fingerprint density at radius 3 is 2.49 bits per heavy atom. The van der Waals surface area contributed by atoms with Crippen LogP contribution in [0, 0.1) is 0 Å². The van der Waals surface area contributed by atoms with Crippen LogP contribution < -0.4 is 10.2 Å². The van der Waals surface area contributed by atoms with Crippen LogP contribution in [0.2, 0.25) is 5.15 Å². The summed E-state index contributed by atoms with van der Waals surface area (Å²) in [6.45, 7) is 10.9. The molecule has 0 fully saturated rings. The minimum absolute atomic E-state index is 0.0665. The number of anilines is 1. The lowest BCUT2D eigenvalue weighted by Gasteiger charge is -2.20. The van der Waals surface area contributed by atoms with Crippen molar-refractivity contribution in [2.75, 3.05) is 18.0 Å². The average Bonchev–Trinajstić information content (AvgIpc) is 2.86. The zero-order chi connectivity index (χ0) is 25.0. The van der Waals surface area contributed by atoms with Crippen LogP contribution in [0.4, 0.5) is 5.82 Å². The van der Waals surface area contributed by atoms with E-state index in [0.29, 0.717) is 34.7 Å². The number of nitrogens with zero attached hydrogens (tertiary/aromatic N) is 3. The van der Waals surface area contributed by atoms with E-state index in [2.05, 4.69) is 40.6 Å². The third-order valence-electron chi connectivity index (χ3n) is 5.33. The molecule has 1 atom stereocenters. The van der Waals surface area contributed by atoms with Crippen LogP contribution >= 0.6 is 23.4 Å². The maximum Gasteiger partial charge on any atom is 0.251 e. The molecule has 0 aliphatic carbocycles. The normalized spacial score (nSPS) is 11.5. The average molecular weight is 507 g/mol. The van der Waals surface area contributed by atoms with E-state index in [1.165, 1.54) is 17.3 Å². The molecule has 182 valence electrons. The Morgan fingerprint density at radius 1 is 1.06 bits per heavy atom. The third-order valence-corrected chi connectivity index (χ3v) is 6.44. The number of benzene rings is 2. The van der Waals surface area contributed by atoms with Crippen molar-refractivity contribution in [2.24, 2.45) is 0 Å². The van der Waals surface area contributed by atoms with Crippen LogP contribution in [0.15, 0.2) is 91.1 Å². The number of aromatic nitrogens is 2. The van der Waals surface area contributed by atoms with Gasteiger partial charge in [-0.25, -0.2) is 9.97 Å². The molecule has 0 radical (unpaired) electrons. The van der Waals surface area contributed by atoms with Gasteiger partial charge in [-0.15, -0.1) is 13.2 Å². The summed E-state index contributed by atoms with van der Waals surface area (Å²) in [5.74, 6) is 1.28. The molecule has 0 bridgehead atoms. The summed E-state index contributed by atoms with van der Waals surface area (Å²) in [6, 6.07) is 19.8. The van der Waals surface area contributed by atoms with Crippen molar-refractivity contribution in [3.63, 3.8) is 0 Å². The molecule has 0 aliphatic rings. The number of halogens is 1. The maximum absolute atomic E-state index is 12.8. The number of amides is 1. The fourth-order valence-electron chi connectivity index (χ4n) is 3.54. The van der Waals surface area contributed by atoms with Crippen LogP contribution in [0.3, 0.4) is 0 Å². The Morgan fingerprint density at radius 2 is 1.77 bits per heavy atom. The molecule has 0 saturated carbocycles. The van der Waals surface area contributed by atoms with Gasteiger partial charge < -0.3 is 10.2 Å². The van der Waals surface area contributed by atoms with Gasteiger partial charge in [0.1, 0.15) is 11.0 Å². The standard InChI is InChI=1S/C28H31ClN4OS/c1-4-16-33(17-5-2)26-19-25(29)31-28(32-26)35-20-23-12-9-13-24(18-23)27(34)30-21(3)14-15-22-10-7-6-8-11-22/h4-13,18-19,21H,1-2,14-17,20H2,3H3,(H,30,34). The number of rotatable bonds is 13. The summed E-state index contributed by atoms with van der Waals surface area (Å²) >= 11 is 7.74. The first kappa shape index (κ1) is 26.5. The smallest absolute Gasteiger partial charge is 0.251 e. The van der Waals surface area contributed by atoms with E-state index >= 15 is 0 Å². The van der Waals surface area contributed by atoms with Gasteiger partial charge >= 0.3 is 0 Å². The Hall–Kier alpha value is -3.09. The second kappa shape index (κ2) is 13.7. The van der Waals surface area contributed by atoms with Gasteiger partial charge in [0, 0.05) is 36.5 Å². The van der Waals surface area contributed by atoms with Gasteiger partial charge in [-0.05, 0) is 43.0 Å². The minimum atomic E-state index is -0.0665. The van der Waals surface area contributed by atoms with E-state index in [0.717, 1.165) is 24.2 Å². The van der Waals surface area contributed by atoms with Crippen LogP contribution in [0.25, 0.3) is 0 Å². The highest BCUT2D eigenvalue weighted by molar-refractivity contribution is 7.98. The Balaban J connectivity index is 1.59.